The summed E-state index contributed by atoms with van der Waals surface area (Å²) >= 11 is 0. The number of rotatable bonds is 1. The van der Waals surface area contributed by atoms with Crippen molar-refractivity contribution in [2.24, 2.45) is 7.05 Å². The van der Waals surface area contributed by atoms with Crippen LogP contribution in [0, 0.1) is 0 Å². The third kappa shape index (κ3) is 2.24. The van der Waals surface area contributed by atoms with Gasteiger partial charge in [0.05, 0.1) is 0 Å². The zero-order valence-electron chi connectivity index (χ0n) is 7.21. The topological polar surface area (TPSA) is 44.0 Å². The van der Waals surface area contributed by atoms with E-state index in [4.69, 9.17) is 0 Å². The van der Waals surface area contributed by atoms with E-state index in [2.05, 4.69) is 0 Å². The molecule has 0 atom stereocenters. The Morgan fingerprint density at radius 3 is 2.43 bits per heavy atom. The van der Waals surface area contributed by atoms with E-state index in [1.165, 1.54) is 0 Å². The normalized spacial score (nSPS) is 11.7. The van der Waals surface area contributed by atoms with Crippen molar-refractivity contribution < 1.29 is 13.2 Å². The fourth-order valence-corrected chi connectivity index (χ4v) is 0.930. The summed E-state index contributed by atoms with van der Waals surface area (Å²) in [5.74, 6) is 0. The summed E-state index contributed by atoms with van der Waals surface area (Å²) in [6.45, 7) is -1.39. The maximum absolute atomic E-state index is 11.9. The number of aromatic nitrogens is 2. The molecule has 0 saturated heterocycles. The Balaban J connectivity index is 3.20. The maximum Gasteiger partial charge on any atom is 0.406 e. The second kappa shape index (κ2) is 3.32. The third-order valence-corrected chi connectivity index (χ3v) is 1.61. The summed E-state index contributed by atoms with van der Waals surface area (Å²) < 4.78 is 36.8. The quantitative estimate of drug-likeness (QED) is 0.657. The molecule has 0 saturated carbocycles. The zero-order valence-corrected chi connectivity index (χ0v) is 7.21. The largest absolute Gasteiger partial charge is 0.406 e. The van der Waals surface area contributed by atoms with Crippen LogP contribution in [0.25, 0.3) is 0 Å². The molecule has 0 N–H and O–H groups in total. The molecule has 1 heterocycles. The Bertz CT molecular complexity index is 443. The van der Waals surface area contributed by atoms with Crippen LogP contribution < -0.4 is 11.2 Å². The van der Waals surface area contributed by atoms with Crippen molar-refractivity contribution in [1.29, 1.82) is 0 Å². The van der Waals surface area contributed by atoms with Crippen LogP contribution in [-0.4, -0.2) is 15.3 Å². The first-order valence-electron chi connectivity index (χ1n) is 3.64. The first-order valence-corrected chi connectivity index (χ1v) is 3.64. The smallest absolute Gasteiger partial charge is 0.291 e. The van der Waals surface area contributed by atoms with E-state index < -0.39 is 24.0 Å². The Labute approximate surface area is 76.2 Å². The molecule has 14 heavy (non-hydrogen) atoms. The molecule has 0 aliphatic heterocycles. The average Bonchev–Trinajstić information content (AvgIpc) is 2.04. The van der Waals surface area contributed by atoms with Gasteiger partial charge in [-0.15, -0.1) is 0 Å². The van der Waals surface area contributed by atoms with Gasteiger partial charge in [-0.2, -0.15) is 13.2 Å². The fourth-order valence-electron chi connectivity index (χ4n) is 0.930. The standard InChI is InChI=1S/C7H7F3N2O2/c1-11-5(13)2-3-12(6(11)14)4-7(8,9)10/h2-3H,4H2,1H3. The highest BCUT2D eigenvalue weighted by Gasteiger charge is 2.28. The minimum absolute atomic E-state index is 0.432. The van der Waals surface area contributed by atoms with E-state index in [1.54, 1.807) is 0 Å². The highest BCUT2D eigenvalue weighted by molar-refractivity contribution is 4.85. The minimum atomic E-state index is -4.47. The summed E-state index contributed by atoms with van der Waals surface area (Å²) in [4.78, 5) is 21.9. The molecule has 0 unspecified atom stereocenters. The molecule has 1 aromatic rings. The highest BCUT2D eigenvalue weighted by atomic mass is 19.4. The van der Waals surface area contributed by atoms with Crippen molar-refractivity contribution in [1.82, 2.24) is 9.13 Å². The molecule has 0 spiro atoms. The van der Waals surface area contributed by atoms with Gasteiger partial charge in [-0.25, -0.2) is 4.79 Å². The lowest BCUT2D eigenvalue weighted by Gasteiger charge is -2.09. The van der Waals surface area contributed by atoms with Gasteiger partial charge in [0, 0.05) is 19.3 Å². The molecule has 0 amide bonds. The molecule has 0 fully saturated rings. The van der Waals surface area contributed by atoms with Crippen LogP contribution in [0.1, 0.15) is 0 Å². The van der Waals surface area contributed by atoms with Gasteiger partial charge in [0.15, 0.2) is 0 Å². The minimum Gasteiger partial charge on any atom is -0.291 e. The molecule has 0 radical (unpaired) electrons. The number of hydrogen-bond acceptors (Lipinski definition) is 2. The Hall–Kier alpha value is -1.53. The van der Waals surface area contributed by atoms with Crippen molar-refractivity contribution in [2.45, 2.75) is 12.7 Å². The first-order chi connectivity index (χ1) is 6.31. The van der Waals surface area contributed by atoms with Crippen LogP contribution in [0.4, 0.5) is 13.2 Å². The summed E-state index contributed by atoms with van der Waals surface area (Å²) in [7, 11) is 1.12. The number of nitrogens with zero attached hydrogens (tertiary/aromatic N) is 2. The van der Waals surface area contributed by atoms with Crippen LogP contribution in [0.15, 0.2) is 21.9 Å². The van der Waals surface area contributed by atoms with Crippen LogP contribution in [0.5, 0.6) is 0 Å². The first kappa shape index (κ1) is 10.6. The SMILES string of the molecule is Cn1c(=O)ccn(CC(F)(F)F)c1=O. The van der Waals surface area contributed by atoms with Crippen molar-refractivity contribution in [3.8, 4) is 0 Å². The van der Waals surface area contributed by atoms with Gasteiger partial charge in [-0.1, -0.05) is 0 Å². The van der Waals surface area contributed by atoms with Gasteiger partial charge in [0.2, 0.25) is 0 Å². The number of halogens is 3. The van der Waals surface area contributed by atoms with Crippen molar-refractivity contribution >= 4 is 0 Å². The van der Waals surface area contributed by atoms with Crippen LogP contribution >= 0.6 is 0 Å². The summed E-state index contributed by atoms with van der Waals surface area (Å²) in [5, 5.41) is 0. The molecule has 0 bridgehead atoms. The lowest BCUT2D eigenvalue weighted by molar-refractivity contribution is -0.141. The Morgan fingerprint density at radius 2 is 1.93 bits per heavy atom. The highest BCUT2D eigenvalue weighted by Crippen LogP contribution is 2.15. The van der Waals surface area contributed by atoms with E-state index in [1.807, 2.05) is 0 Å². The van der Waals surface area contributed by atoms with E-state index >= 15 is 0 Å². The van der Waals surface area contributed by atoms with Gasteiger partial charge >= 0.3 is 11.9 Å². The summed E-state index contributed by atoms with van der Waals surface area (Å²) in [6, 6.07) is 0.910. The van der Waals surface area contributed by atoms with Gasteiger partial charge in [0.1, 0.15) is 6.54 Å². The van der Waals surface area contributed by atoms with E-state index in [9.17, 15) is 22.8 Å². The summed E-state index contributed by atoms with van der Waals surface area (Å²) in [5.41, 5.74) is -1.61. The molecule has 78 valence electrons. The molecule has 0 aliphatic rings. The van der Waals surface area contributed by atoms with Crippen LogP contribution in [-0.2, 0) is 13.6 Å². The van der Waals surface area contributed by atoms with E-state index in [0.717, 1.165) is 19.3 Å². The van der Waals surface area contributed by atoms with Gasteiger partial charge in [-0.05, 0) is 0 Å². The lowest BCUT2D eigenvalue weighted by atomic mass is 10.5. The molecule has 4 nitrogen and oxygen atoms in total. The van der Waals surface area contributed by atoms with Gasteiger partial charge < -0.3 is 0 Å². The second-order valence-electron chi connectivity index (χ2n) is 2.74. The third-order valence-electron chi connectivity index (χ3n) is 1.61. The number of alkyl halides is 3. The van der Waals surface area contributed by atoms with Crippen molar-refractivity contribution in [3.05, 3.63) is 33.1 Å². The van der Waals surface area contributed by atoms with Crippen molar-refractivity contribution in [3.63, 3.8) is 0 Å². The monoisotopic (exact) mass is 208 g/mol. The maximum atomic E-state index is 11.9. The molecule has 7 heteroatoms. The number of hydrogen-bond donors (Lipinski definition) is 0. The molecular formula is C7H7F3N2O2. The average molecular weight is 208 g/mol. The predicted molar refractivity (Wildman–Crippen MR) is 42.0 cm³/mol. The van der Waals surface area contributed by atoms with Crippen LogP contribution in [0.2, 0.25) is 0 Å². The van der Waals surface area contributed by atoms with E-state index in [0.29, 0.717) is 9.13 Å². The molecule has 1 rings (SSSR count). The van der Waals surface area contributed by atoms with Gasteiger partial charge in [0.25, 0.3) is 5.56 Å². The van der Waals surface area contributed by atoms with Gasteiger partial charge in [-0.3, -0.25) is 13.9 Å². The zero-order chi connectivity index (χ0) is 10.9. The lowest BCUT2D eigenvalue weighted by Crippen LogP contribution is -2.39. The Kier molecular flexibility index (Phi) is 2.50. The molecule has 1 aromatic heterocycles. The molecular weight excluding hydrogens is 201 g/mol. The predicted octanol–water partition coefficient (Wildman–Crippen LogP) is 0.109. The van der Waals surface area contributed by atoms with Crippen LogP contribution in [0.3, 0.4) is 0 Å². The molecule has 0 aromatic carbocycles. The Morgan fingerprint density at radius 1 is 1.36 bits per heavy atom. The second-order valence-corrected chi connectivity index (χ2v) is 2.74. The fraction of sp³-hybridized carbons (Fsp3) is 0.429. The molecule has 0 aliphatic carbocycles. The van der Waals surface area contributed by atoms with E-state index in [-0.39, 0.29) is 0 Å². The van der Waals surface area contributed by atoms with Crippen molar-refractivity contribution in [2.75, 3.05) is 0 Å². The summed E-state index contributed by atoms with van der Waals surface area (Å²) in [6.07, 6.45) is -3.64.